The number of benzene rings is 1. The first-order valence-electron chi connectivity index (χ1n) is 7.60. The first kappa shape index (κ1) is 17.7. The van der Waals surface area contributed by atoms with E-state index in [2.05, 4.69) is 27.8 Å². The Kier molecular flexibility index (Phi) is 5.57. The molecule has 0 aliphatic heterocycles. The maximum absolute atomic E-state index is 5.99. The number of anilines is 2. The van der Waals surface area contributed by atoms with Gasteiger partial charge in [-0.25, -0.2) is 0 Å². The Balaban J connectivity index is 1.58. The third-order valence-corrected chi connectivity index (χ3v) is 4.37. The number of halogens is 2. The Bertz CT molecular complexity index is 888. The Labute approximate surface area is 160 Å². The molecular weight excluding hydrogens is 379 g/mol. The summed E-state index contributed by atoms with van der Waals surface area (Å²) in [4.78, 5) is 0. The van der Waals surface area contributed by atoms with Gasteiger partial charge in [-0.3, -0.25) is 9.36 Å². The van der Waals surface area contributed by atoms with E-state index in [0.29, 0.717) is 21.7 Å². The maximum Gasteiger partial charge on any atom is 0.175 e. The zero-order valence-electron chi connectivity index (χ0n) is 13.4. The number of nitrogens with one attached hydrogen (secondary N) is 2. The van der Waals surface area contributed by atoms with Crippen LogP contribution in [-0.2, 0) is 13.1 Å². The highest BCUT2D eigenvalue weighted by molar-refractivity contribution is 7.80. The summed E-state index contributed by atoms with van der Waals surface area (Å²) in [5.74, 6) is 0. The molecule has 25 heavy (non-hydrogen) atoms. The summed E-state index contributed by atoms with van der Waals surface area (Å²) in [6.45, 7) is 3.55. The predicted molar refractivity (Wildman–Crippen MR) is 106 cm³/mol. The highest BCUT2D eigenvalue weighted by atomic mass is 35.5. The van der Waals surface area contributed by atoms with E-state index >= 15 is 0 Å². The average molecular weight is 395 g/mol. The van der Waals surface area contributed by atoms with Gasteiger partial charge in [0.1, 0.15) is 0 Å². The van der Waals surface area contributed by atoms with Crippen molar-refractivity contribution in [2.75, 3.05) is 10.6 Å². The van der Waals surface area contributed by atoms with Gasteiger partial charge in [0.2, 0.25) is 0 Å². The van der Waals surface area contributed by atoms with E-state index in [1.807, 2.05) is 28.0 Å². The number of thiocarbonyl (C=S) groups is 1. The molecule has 2 heterocycles. The summed E-state index contributed by atoms with van der Waals surface area (Å²) >= 11 is 17.2. The Morgan fingerprint density at radius 1 is 1.04 bits per heavy atom. The molecule has 0 aliphatic carbocycles. The van der Waals surface area contributed by atoms with Crippen LogP contribution in [0, 0.1) is 0 Å². The SMILES string of the molecule is CCn1cc(Cn2cc(NC(=S)Nc3ccc(Cl)c(Cl)c3)cn2)cn1. The smallest absolute Gasteiger partial charge is 0.175 e. The van der Waals surface area contributed by atoms with Crippen LogP contribution in [0.4, 0.5) is 11.4 Å². The van der Waals surface area contributed by atoms with Gasteiger partial charge in [-0.2, -0.15) is 10.2 Å². The van der Waals surface area contributed by atoms with E-state index in [9.17, 15) is 0 Å². The lowest BCUT2D eigenvalue weighted by atomic mass is 10.3. The number of nitrogens with zero attached hydrogens (tertiary/aromatic N) is 4. The molecule has 130 valence electrons. The summed E-state index contributed by atoms with van der Waals surface area (Å²) in [6, 6.07) is 5.23. The van der Waals surface area contributed by atoms with E-state index in [1.165, 1.54) is 0 Å². The molecule has 0 atom stereocenters. The summed E-state index contributed by atoms with van der Waals surface area (Å²) in [5, 5.41) is 16.1. The van der Waals surface area contributed by atoms with Gasteiger partial charge in [0, 0.05) is 30.2 Å². The number of aromatic nitrogens is 4. The van der Waals surface area contributed by atoms with Crippen LogP contribution in [0.15, 0.2) is 43.0 Å². The number of hydrogen-bond acceptors (Lipinski definition) is 3. The first-order chi connectivity index (χ1) is 12.0. The van der Waals surface area contributed by atoms with Gasteiger partial charge in [0.15, 0.2) is 5.11 Å². The fourth-order valence-corrected chi connectivity index (χ4v) is 2.76. The van der Waals surface area contributed by atoms with Gasteiger partial charge < -0.3 is 10.6 Å². The molecule has 1 aromatic carbocycles. The van der Waals surface area contributed by atoms with Gasteiger partial charge >= 0.3 is 0 Å². The Morgan fingerprint density at radius 2 is 1.80 bits per heavy atom. The van der Waals surface area contributed by atoms with Crippen LogP contribution < -0.4 is 10.6 Å². The highest BCUT2D eigenvalue weighted by Gasteiger charge is 2.05. The number of hydrogen-bond donors (Lipinski definition) is 2. The zero-order valence-corrected chi connectivity index (χ0v) is 15.7. The minimum Gasteiger partial charge on any atom is -0.332 e. The molecule has 0 radical (unpaired) electrons. The van der Waals surface area contributed by atoms with Crippen LogP contribution in [0.3, 0.4) is 0 Å². The van der Waals surface area contributed by atoms with E-state index < -0.39 is 0 Å². The minimum atomic E-state index is 0.441. The molecule has 3 rings (SSSR count). The van der Waals surface area contributed by atoms with Crippen molar-refractivity contribution in [1.82, 2.24) is 19.6 Å². The molecular formula is C16H16Cl2N6S. The van der Waals surface area contributed by atoms with E-state index in [-0.39, 0.29) is 0 Å². The van der Waals surface area contributed by atoms with Gasteiger partial charge in [-0.15, -0.1) is 0 Å². The Morgan fingerprint density at radius 3 is 2.52 bits per heavy atom. The molecule has 0 unspecified atom stereocenters. The second-order valence-electron chi connectivity index (χ2n) is 5.34. The highest BCUT2D eigenvalue weighted by Crippen LogP contribution is 2.25. The largest absolute Gasteiger partial charge is 0.332 e. The van der Waals surface area contributed by atoms with Crippen molar-refractivity contribution in [1.29, 1.82) is 0 Å². The molecule has 0 amide bonds. The first-order valence-corrected chi connectivity index (χ1v) is 8.76. The van der Waals surface area contributed by atoms with Crippen molar-refractivity contribution in [3.05, 3.63) is 58.6 Å². The second kappa shape index (κ2) is 7.86. The standard InChI is InChI=1S/C16H16Cl2N6S/c1-2-23-8-11(6-19-23)9-24-10-13(7-20-24)22-16(25)21-12-3-4-14(17)15(18)5-12/h3-8,10H,2,9H2,1H3,(H2,21,22,25). The summed E-state index contributed by atoms with van der Waals surface area (Å²) in [5.41, 5.74) is 2.64. The van der Waals surface area contributed by atoms with Crippen LogP contribution in [0.2, 0.25) is 10.0 Å². The molecule has 0 saturated carbocycles. The van der Waals surface area contributed by atoms with Crippen LogP contribution >= 0.6 is 35.4 Å². The number of rotatable bonds is 5. The quantitative estimate of drug-likeness (QED) is 0.632. The monoisotopic (exact) mass is 394 g/mol. The Hall–Kier alpha value is -2.09. The summed E-state index contributed by atoms with van der Waals surface area (Å²) < 4.78 is 3.70. The third-order valence-electron chi connectivity index (χ3n) is 3.42. The van der Waals surface area contributed by atoms with Crippen LogP contribution in [0.1, 0.15) is 12.5 Å². The molecule has 6 nitrogen and oxygen atoms in total. The fraction of sp³-hybridized carbons (Fsp3) is 0.188. The molecule has 0 fully saturated rings. The van der Waals surface area contributed by atoms with E-state index in [4.69, 9.17) is 35.4 Å². The van der Waals surface area contributed by atoms with Crippen molar-refractivity contribution in [2.45, 2.75) is 20.0 Å². The maximum atomic E-state index is 5.99. The predicted octanol–water partition coefficient (Wildman–Crippen LogP) is 4.26. The third kappa shape index (κ3) is 4.72. The molecule has 2 N–H and O–H groups in total. The lowest BCUT2D eigenvalue weighted by molar-refractivity contribution is 0.654. The van der Waals surface area contributed by atoms with E-state index in [0.717, 1.165) is 23.5 Å². The zero-order chi connectivity index (χ0) is 17.8. The lowest BCUT2D eigenvalue weighted by Gasteiger charge is -2.09. The van der Waals surface area contributed by atoms with Crippen molar-refractivity contribution >= 4 is 51.9 Å². The second-order valence-corrected chi connectivity index (χ2v) is 6.56. The molecule has 0 aliphatic rings. The fourth-order valence-electron chi connectivity index (χ4n) is 2.23. The van der Waals surface area contributed by atoms with Crippen molar-refractivity contribution in [3.8, 4) is 0 Å². The van der Waals surface area contributed by atoms with Gasteiger partial charge in [0.05, 0.1) is 34.7 Å². The summed E-state index contributed by atoms with van der Waals surface area (Å²) in [6.07, 6.45) is 7.44. The summed E-state index contributed by atoms with van der Waals surface area (Å²) in [7, 11) is 0. The molecule has 2 aromatic heterocycles. The van der Waals surface area contributed by atoms with Crippen LogP contribution in [0.25, 0.3) is 0 Å². The van der Waals surface area contributed by atoms with Gasteiger partial charge in [-0.1, -0.05) is 23.2 Å². The van der Waals surface area contributed by atoms with Crippen LogP contribution in [-0.4, -0.2) is 24.7 Å². The lowest BCUT2D eigenvalue weighted by Crippen LogP contribution is -2.18. The molecule has 0 spiro atoms. The van der Waals surface area contributed by atoms with E-state index in [1.54, 1.807) is 24.4 Å². The molecule has 0 bridgehead atoms. The minimum absolute atomic E-state index is 0.441. The van der Waals surface area contributed by atoms with Gasteiger partial charge in [-0.05, 0) is 37.3 Å². The normalized spacial score (nSPS) is 10.7. The molecule has 3 aromatic rings. The topological polar surface area (TPSA) is 59.7 Å². The molecule has 9 heteroatoms. The van der Waals surface area contributed by atoms with Crippen LogP contribution in [0.5, 0.6) is 0 Å². The molecule has 0 saturated heterocycles. The number of aryl methyl sites for hydroxylation is 1. The van der Waals surface area contributed by atoms with Crippen molar-refractivity contribution < 1.29 is 0 Å². The van der Waals surface area contributed by atoms with Crippen molar-refractivity contribution in [2.24, 2.45) is 0 Å². The van der Waals surface area contributed by atoms with Gasteiger partial charge in [0.25, 0.3) is 0 Å². The average Bonchev–Trinajstić information content (AvgIpc) is 3.20. The van der Waals surface area contributed by atoms with Crippen molar-refractivity contribution in [3.63, 3.8) is 0 Å².